The van der Waals surface area contributed by atoms with E-state index in [4.69, 9.17) is 4.74 Å². The number of esters is 1. The monoisotopic (exact) mass is 393 g/mol. The van der Waals surface area contributed by atoms with Crippen molar-refractivity contribution < 1.29 is 27.9 Å². The Labute approximate surface area is 156 Å². The highest BCUT2D eigenvalue weighted by molar-refractivity contribution is 7.99. The molecule has 2 heterocycles. The van der Waals surface area contributed by atoms with Gasteiger partial charge in [0.15, 0.2) is 6.61 Å². The van der Waals surface area contributed by atoms with E-state index in [0.29, 0.717) is 11.4 Å². The Bertz CT molecular complexity index is 894. The van der Waals surface area contributed by atoms with Gasteiger partial charge in [0.25, 0.3) is 11.7 Å². The molecule has 0 saturated heterocycles. The van der Waals surface area contributed by atoms with Crippen LogP contribution < -0.4 is 10.2 Å². The molecule has 0 unspecified atom stereocenters. The lowest BCUT2D eigenvalue weighted by atomic mass is 10.2. The van der Waals surface area contributed by atoms with Crippen LogP contribution in [0.15, 0.2) is 47.6 Å². The van der Waals surface area contributed by atoms with Crippen LogP contribution in [0.25, 0.3) is 0 Å². The maximum Gasteiger partial charge on any atom is 0.341 e. The number of anilines is 2. The average molecular weight is 393 g/mol. The Morgan fingerprint density at radius 1 is 1.26 bits per heavy atom. The molecule has 0 spiro atoms. The zero-order valence-electron chi connectivity index (χ0n) is 13.7. The predicted octanol–water partition coefficient (Wildman–Crippen LogP) is 2.54. The number of alkyl halides is 2. The summed E-state index contributed by atoms with van der Waals surface area (Å²) in [4.78, 5) is 41.3. The molecule has 0 saturated carbocycles. The molecular formula is C17H13F2N3O4S. The minimum absolute atomic E-state index is 0.113. The van der Waals surface area contributed by atoms with E-state index in [1.807, 2.05) is 0 Å². The first-order valence-corrected chi connectivity index (χ1v) is 8.60. The van der Waals surface area contributed by atoms with E-state index in [-0.39, 0.29) is 34.8 Å². The van der Waals surface area contributed by atoms with E-state index in [9.17, 15) is 23.2 Å². The number of aromatic nitrogens is 1. The topological polar surface area (TPSA) is 88.6 Å². The molecule has 2 aromatic rings. The lowest BCUT2D eigenvalue weighted by Gasteiger charge is -2.28. The molecule has 3 rings (SSSR count). The van der Waals surface area contributed by atoms with Crippen molar-refractivity contribution in [3.05, 3.63) is 48.2 Å². The highest BCUT2D eigenvalue weighted by Crippen LogP contribution is 2.29. The van der Waals surface area contributed by atoms with E-state index in [1.165, 1.54) is 23.2 Å². The van der Waals surface area contributed by atoms with E-state index in [0.717, 1.165) is 0 Å². The molecule has 0 bridgehead atoms. The highest BCUT2D eigenvalue weighted by Gasteiger charge is 2.27. The molecule has 0 atom stereocenters. The van der Waals surface area contributed by atoms with Gasteiger partial charge in [-0.2, -0.15) is 8.78 Å². The number of benzene rings is 1. The normalized spacial score (nSPS) is 13.1. The predicted molar refractivity (Wildman–Crippen MR) is 93.8 cm³/mol. The maximum absolute atomic E-state index is 12.6. The number of pyridine rings is 1. The Morgan fingerprint density at radius 3 is 2.81 bits per heavy atom. The number of hydrogen-bond acceptors (Lipinski definition) is 6. The van der Waals surface area contributed by atoms with Crippen molar-refractivity contribution in [1.82, 2.24) is 4.98 Å². The quantitative estimate of drug-likeness (QED) is 0.620. The van der Waals surface area contributed by atoms with Crippen LogP contribution in [0.1, 0.15) is 10.4 Å². The van der Waals surface area contributed by atoms with Crippen LogP contribution in [0, 0.1) is 0 Å². The number of carbonyl (C=O) groups is 3. The van der Waals surface area contributed by atoms with Gasteiger partial charge in [0.2, 0.25) is 5.91 Å². The zero-order chi connectivity index (χ0) is 19.4. The number of para-hydroxylation sites is 2. The van der Waals surface area contributed by atoms with Gasteiger partial charge in [0.05, 0.1) is 16.9 Å². The third-order valence-corrected chi connectivity index (χ3v) is 4.32. The standard InChI is InChI=1S/C17H13F2N3O4S/c18-17(19)27-15-10(4-3-7-20-15)16(25)26-9-14(24)22-8-13(23)21-11-5-1-2-6-12(11)22/h1-7,17H,8-9H2,(H,21,23). The van der Waals surface area contributed by atoms with Gasteiger partial charge in [0.1, 0.15) is 11.6 Å². The Hall–Kier alpha value is -3.01. The fraction of sp³-hybridized carbons (Fsp3) is 0.176. The minimum atomic E-state index is -2.75. The largest absolute Gasteiger partial charge is 0.452 e. The van der Waals surface area contributed by atoms with E-state index < -0.39 is 24.2 Å². The molecule has 1 aromatic heterocycles. The molecule has 1 aromatic carbocycles. The second kappa shape index (κ2) is 8.12. The van der Waals surface area contributed by atoms with Crippen LogP contribution in [0.5, 0.6) is 0 Å². The summed E-state index contributed by atoms with van der Waals surface area (Å²) in [5.41, 5.74) is 0.789. The first-order valence-electron chi connectivity index (χ1n) is 7.72. The molecule has 27 heavy (non-hydrogen) atoms. The van der Waals surface area contributed by atoms with E-state index in [1.54, 1.807) is 24.3 Å². The molecule has 2 amide bonds. The molecule has 0 aliphatic carbocycles. The SMILES string of the molecule is O=C1CN(C(=O)COC(=O)c2cccnc2SC(F)F)c2ccccc2N1. The van der Waals surface area contributed by atoms with Crippen LogP contribution in [0.2, 0.25) is 0 Å². The molecule has 1 aliphatic rings. The molecule has 0 radical (unpaired) electrons. The summed E-state index contributed by atoms with van der Waals surface area (Å²) in [5, 5.41) is 2.45. The zero-order valence-corrected chi connectivity index (χ0v) is 14.5. The second-order valence-corrected chi connectivity index (χ2v) is 6.33. The number of hydrogen-bond donors (Lipinski definition) is 1. The number of nitrogens with one attached hydrogen (secondary N) is 1. The van der Waals surface area contributed by atoms with Crippen LogP contribution in [-0.2, 0) is 14.3 Å². The fourth-order valence-electron chi connectivity index (χ4n) is 2.46. The first-order chi connectivity index (χ1) is 13.0. The van der Waals surface area contributed by atoms with Gasteiger partial charge in [0, 0.05) is 6.20 Å². The number of halogens is 2. The van der Waals surface area contributed by atoms with Crippen molar-refractivity contribution >= 4 is 40.9 Å². The van der Waals surface area contributed by atoms with Gasteiger partial charge in [-0.25, -0.2) is 9.78 Å². The van der Waals surface area contributed by atoms with Crippen molar-refractivity contribution in [2.45, 2.75) is 10.8 Å². The van der Waals surface area contributed by atoms with Crippen molar-refractivity contribution in [3.63, 3.8) is 0 Å². The van der Waals surface area contributed by atoms with Gasteiger partial charge < -0.3 is 10.1 Å². The number of amides is 2. The van der Waals surface area contributed by atoms with Gasteiger partial charge >= 0.3 is 5.97 Å². The van der Waals surface area contributed by atoms with Crippen LogP contribution in [0.4, 0.5) is 20.2 Å². The van der Waals surface area contributed by atoms with Gasteiger partial charge in [-0.1, -0.05) is 12.1 Å². The van der Waals surface area contributed by atoms with E-state index in [2.05, 4.69) is 10.3 Å². The summed E-state index contributed by atoms with van der Waals surface area (Å²) in [5.74, 6) is -4.69. The highest BCUT2D eigenvalue weighted by atomic mass is 32.2. The molecular weight excluding hydrogens is 380 g/mol. The Morgan fingerprint density at radius 2 is 2.04 bits per heavy atom. The number of ether oxygens (including phenoxy) is 1. The summed E-state index contributed by atoms with van der Waals surface area (Å²) in [6, 6.07) is 9.38. The van der Waals surface area contributed by atoms with Crippen molar-refractivity contribution in [3.8, 4) is 0 Å². The number of carbonyl (C=O) groups excluding carboxylic acids is 3. The summed E-state index contributed by atoms with van der Waals surface area (Å²) < 4.78 is 30.1. The van der Waals surface area contributed by atoms with Crippen LogP contribution >= 0.6 is 11.8 Å². The fourth-order valence-corrected chi connectivity index (χ4v) is 3.03. The molecule has 10 heteroatoms. The maximum atomic E-state index is 12.6. The van der Waals surface area contributed by atoms with Crippen molar-refractivity contribution in [2.24, 2.45) is 0 Å². The van der Waals surface area contributed by atoms with Gasteiger partial charge in [-0.3, -0.25) is 14.5 Å². The van der Waals surface area contributed by atoms with Crippen LogP contribution in [0.3, 0.4) is 0 Å². The number of thioether (sulfide) groups is 1. The molecule has 7 nitrogen and oxygen atoms in total. The summed E-state index contributed by atoms with van der Waals surface area (Å²) in [6.07, 6.45) is 1.27. The molecule has 0 fully saturated rings. The summed E-state index contributed by atoms with van der Waals surface area (Å²) in [6.45, 7) is -0.860. The minimum Gasteiger partial charge on any atom is -0.452 e. The number of fused-ring (bicyclic) bond motifs is 1. The van der Waals surface area contributed by atoms with Crippen LogP contribution in [-0.4, -0.2) is 41.7 Å². The number of rotatable bonds is 5. The summed E-state index contributed by atoms with van der Waals surface area (Å²) in [7, 11) is 0. The van der Waals surface area contributed by atoms with Crippen molar-refractivity contribution in [1.29, 1.82) is 0 Å². The third-order valence-electron chi connectivity index (χ3n) is 3.59. The van der Waals surface area contributed by atoms with E-state index >= 15 is 0 Å². The van der Waals surface area contributed by atoms with Gasteiger partial charge in [-0.05, 0) is 36.0 Å². The average Bonchev–Trinajstić information content (AvgIpc) is 2.65. The lowest BCUT2D eigenvalue weighted by molar-refractivity contribution is -0.124. The lowest BCUT2D eigenvalue weighted by Crippen LogP contribution is -2.44. The third kappa shape index (κ3) is 4.40. The van der Waals surface area contributed by atoms with Gasteiger partial charge in [-0.15, -0.1) is 0 Å². The summed E-state index contributed by atoms with van der Waals surface area (Å²) >= 11 is 0.113. The van der Waals surface area contributed by atoms with Crippen molar-refractivity contribution in [2.75, 3.05) is 23.4 Å². The first kappa shape index (κ1) is 18.8. The molecule has 1 aliphatic heterocycles. The molecule has 140 valence electrons. The molecule has 1 N–H and O–H groups in total. The Kier molecular flexibility index (Phi) is 5.65. The second-order valence-electron chi connectivity index (χ2n) is 5.36. The number of nitrogens with zero attached hydrogens (tertiary/aromatic N) is 2. The Balaban J connectivity index is 1.70. The smallest absolute Gasteiger partial charge is 0.341 e.